The number of ether oxygens (including phenoxy) is 4. The largest absolute Gasteiger partial charge is 0.462 e. The van der Waals surface area contributed by atoms with E-state index in [-0.39, 0.29) is 17.4 Å². The third kappa shape index (κ3) is 7.81. The van der Waals surface area contributed by atoms with Crippen molar-refractivity contribution >= 4 is 11.6 Å². The number of aliphatic hydroxyl groups is 4. The second-order valence-electron chi connectivity index (χ2n) is 9.78. The number of nitrogens with one attached hydrogen (secondary N) is 1. The number of hydrogen-bond donors (Lipinski definition) is 5. The molecule has 4 rings (SSSR count). The van der Waals surface area contributed by atoms with E-state index in [4.69, 9.17) is 18.9 Å². The van der Waals surface area contributed by atoms with Gasteiger partial charge in [0.25, 0.3) is 11.6 Å². The van der Waals surface area contributed by atoms with Gasteiger partial charge in [-0.05, 0) is 6.07 Å². The summed E-state index contributed by atoms with van der Waals surface area (Å²) in [7, 11) is 0. The van der Waals surface area contributed by atoms with Gasteiger partial charge in [0.15, 0.2) is 0 Å². The molecule has 3 heterocycles. The third-order valence-electron chi connectivity index (χ3n) is 6.96. The summed E-state index contributed by atoms with van der Waals surface area (Å²) in [6.07, 6.45) is -7.79. The average molecular weight is 557 g/mol. The van der Waals surface area contributed by atoms with Gasteiger partial charge in [0.2, 0.25) is 6.29 Å². The minimum atomic E-state index is -1.72. The van der Waals surface area contributed by atoms with E-state index < -0.39 is 53.8 Å². The molecule has 0 aliphatic carbocycles. The molecule has 0 saturated carbocycles. The summed E-state index contributed by atoms with van der Waals surface area (Å²) in [5, 5.41) is 54.3. The van der Waals surface area contributed by atoms with E-state index in [1.165, 1.54) is 6.07 Å². The molecule has 39 heavy (non-hydrogen) atoms. The lowest BCUT2D eigenvalue weighted by Crippen LogP contribution is -2.60. The Morgan fingerprint density at radius 3 is 2.13 bits per heavy atom. The Bertz CT molecular complexity index is 951. The van der Waals surface area contributed by atoms with Crippen molar-refractivity contribution in [3.63, 3.8) is 0 Å². The van der Waals surface area contributed by atoms with Crippen LogP contribution in [-0.4, -0.2) is 150 Å². The first kappa shape index (κ1) is 29.5. The predicted octanol–water partition coefficient (Wildman–Crippen LogP) is -2.46. The number of hydrogen-bond acceptors (Lipinski definition) is 13. The first-order valence-electron chi connectivity index (χ1n) is 12.9. The molecule has 15 nitrogen and oxygen atoms in total. The number of non-ortho nitro benzene ring substituents is 1. The molecule has 5 atom stereocenters. The van der Waals surface area contributed by atoms with Crippen LogP contribution >= 0.6 is 0 Å². The van der Waals surface area contributed by atoms with Gasteiger partial charge in [0.1, 0.15) is 30.2 Å². The molecular formula is C24H36N4O11. The van der Waals surface area contributed by atoms with Crippen LogP contribution in [0.4, 0.5) is 5.69 Å². The van der Waals surface area contributed by atoms with Crippen molar-refractivity contribution in [1.29, 1.82) is 0 Å². The molecule has 3 aliphatic rings. The van der Waals surface area contributed by atoms with Gasteiger partial charge in [0, 0.05) is 50.9 Å². The summed E-state index contributed by atoms with van der Waals surface area (Å²) in [6, 6.07) is 3.15. The Hall–Kier alpha value is -2.47. The number of carbonyl (C=O) groups excluding carboxylic acids is 1. The molecule has 1 aromatic carbocycles. The van der Waals surface area contributed by atoms with Crippen LogP contribution in [-0.2, 0) is 14.2 Å². The van der Waals surface area contributed by atoms with Crippen molar-refractivity contribution in [3.8, 4) is 5.75 Å². The molecule has 0 spiro atoms. The fraction of sp³-hybridized carbons (Fsp3) is 0.708. The van der Waals surface area contributed by atoms with E-state index in [1.807, 2.05) is 0 Å². The van der Waals surface area contributed by atoms with Crippen LogP contribution in [0.1, 0.15) is 10.4 Å². The molecule has 0 bridgehead atoms. The predicted molar refractivity (Wildman–Crippen MR) is 133 cm³/mol. The summed E-state index contributed by atoms with van der Waals surface area (Å²) in [6.45, 7) is 5.76. The van der Waals surface area contributed by atoms with Crippen molar-refractivity contribution < 1.29 is 49.1 Å². The van der Waals surface area contributed by atoms with E-state index >= 15 is 0 Å². The molecule has 3 fully saturated rings. The molecule has 218 valence electrons. The van der Waals surface area contributed by atoms with Crippen LogP contribution in [0.2, 0.25) is 0 Å². The highest BCUT2D eigenvalue weighted by molar-refractivity contribution is 5.95. The minimum Gasteiger partial charge on any atom is -0.462 e. The van der Waals surface area contributed by atoms with E-state index in [2.05, 4.69) is 15.1 Å². The number of nitro groups is 1. The lowest BCUT2D eigenvalue weighted by atomic mass is 9.99. The smallest absolute Gasteiger partial charge is 0.273 e. The van der Waals surface area contributed by atoms with Gasteiger partial charge >= 0.3 is 0 Å². The maximum absolute atomic E-state index is 13.4. The third-order valence-corrected chi connectivity index (χ3v) is 6.96. The summed E-state index contributed by atoms with van der Waals surface area (Å²) >= 11 is 0. The molecule has 1 aromatic rings. The Balaban J connectivity index is 1.51. The number of aliphatic hydroxyl groups excluding tert-OH is 4. The number of morpholine rings is 2. The van der Waals surface area contributed by atoms with E-state index in [1.54, 1.807) is 0 Å². The van der Waals surface area contributed by atoms with Crippen molar-refractivity contribution in [3.05, 3.63) is 33.9 Å². The van der Waals surface area contributed by atoms with Gasteiger partial charge in [0.05, 0.1) is 50.1 Å². The van der Waals surface area contributed by atoms with E-state index in [0.29, 0.717) is 39.5 Å². The number of rotatable bonds is 10. The normalized spacial score (nSPS) is 28.8. The lowest BCUT2D eigenvalue weighted by Gasteiger charge is -2.39. The van der Waals surface area contributed by atoms with Gasteiger partial charge < -0.3 is 44.7 Å². The SMILES string of the molecule is O=C(NC(CN1CCOCC1)CN1CCOCC1)c1cc(OC2OC(CO)C(O)C(O)C2O)cc([N+](=O)[O-])c1. The molecule has 1 amide bonds. The van der Waals surface area contributed by atoms with Gasteiger partial charge in [-0.3, -0.25) is 24.7 Å². The molecule has 0 aromatic heterocycles. The zero-order chi connectivity index (χ0) is 27.9. The summed E-state index contributed by atoms with van der Waals surface area (Å²) < 4.78 is 21.7. The summed E-state index contributed by atoms with van der Waals surface area (Å²) in [5.74, 6) is -0.722. The van der Waals surface area contributed by atoms with Crippen molar-refractivity contribution in [2.45, 2.75) is 36.7 Å². The van der Waals surface area contributed by atoms with Gasteiger partial charge in [-0.2, -0.15) is 0 Å². The van der Waals surface area contributed by atoms with Crippen molar-refractivity contribution in [2.75, 3.05) is 72.3 Å². The Kier molecular flexibility index (Phi) is 10.4. The topological polar surface area (TPSA) is 197 Å². The second kappa shape index (κ2) is 13.7. The second-order valence-corrected chi connectivity index (χ2v) is 9.78. The molecule has 5 unspecified atom stereocenters. The number of carbonyl (C=O) groups is 1. The maximum Gasteiger partial charge on any atom is 0.273 e. The highest BCUT2D eigenvalue weighted by Gasteiger charge is 2.45. The first-order valence-corrected chi connectivity index (χ1v) is 12.9. The number of nitro benzene ring substituents is 1. The Morgan fingerprint density at radius 2 is 1.59 bits per heavy atom. The van der Waals surface area contributed by atoms with Crippen LogP contribution in [0, 0.1) is 10.1 Å². The lowest BCUT2D eigenvalue weighted by molar-refractivity contribution is -0.385. The van der Waals surface area contributed by atoms with Gasteiger partial charge in [-0.1, -0.05) is 0 Å². The molecule has 5 N–H and O–H groups in total. The Labute approximate surface area is 224 Å². The first-order chi connectivity index (χ1) is 18.7. The molecule has 15 heteroatoms. The number of amides is 1. The summed E-state index contributed by atoms with van der Waals surface area (Å²) in [5.41, 5.74) is -0.474. The number of benzene rings is 1. The molecule has 3 aliphatic heterocycles. The monoisotopic (exact) mass is 556 g/mol. The average Bonchev–Trinajstić information content (AvgIpc) is 2.94. The maximum atomic E-state index is 13.4. The fourth-order valence-corrected chi connectivity index (χ4v) is 4.80. The zero-order valence-electron chi connectivity index (χ0n) is 21.5. The highest BCUT2D eigenvalue weighted by Crippen LogP contribution is 2.28. The van der Waals surface area contributed by atoms with Crippen LogP contribution in [0.5, 0.6) is 5.75 Å². The van der Waals surface area contributed by atoms with Crippen LogP contribution in [0.3, 0.4) is 0 Å². The van der Waals surface area contributed by atoms with E-state index in [9.17, 15) is 35.3 Å². The van der Waals surface area contributed by atoms with Crippen molar-refractivity contribution in [2.24, 2.45) is 0 Å². The molecule has 3 saturated heterocycles. The fourth-order valence-electron chi connectivity index (χ4n) is 4.80. The Morgan fingerprint density at radius 1 is 1.00 bits per heavy atom. The minimum absolute atomic E-state index is 0.0438. The quantitative estimate of drug-likeness (QED) is 0.150. The van der Waals surface area contributed by atoms with Gasteiger partial charge in [-0.15, -0.1) is 0 Å². The molecule has 0 radical (unpaired) electrons. The van der Waals surface area contributed by atoms with E-state index in [0.717, 1.165) is 38.3 Å². The van der Waals surface area contributed by atoms with Crippen LogP contribution < -0.4 is 10.1 Å². The van der Waals surface area contributed by atoms with Crippen molar-refractivity contribution in [1.82, 2.24) is 15.1 Å². The summed E-state index contributed by atoms with van der Waals surface area (Å²) in [4.78, 5) is 28.7. The van der Waals surface area contributed by atoms with Crippen LogP contribution in [0.15, 0.2) is 18.2 Å². The highest BCUT2D eigenvalue weighted by atomic mass is 16.7. The standard InChI is InChI=1S/C24H36N4O11/c29-14-19-20(30)21(31)22(32)24(39-19)38-18-10-15(9-17(11-18)28(34)35)23(33)25-16(12-26-1-5-36-6-2-26)13-27-3-7-37-8-4-27/h9-11,16,19-22,24,29-32H,1-8,12-14H2,(H,25,33). The van der Waals surface area contributed by atoms with Crippen LogP contribution in [0.25, 0.3) is 0 Å². The molecular weight excluding hydrogens is 520 g/mol. The number of nitrogens with zero attached hydrogens (tertiary/aromatic N) is 3. The zero-order valence-corrected chi connectivity index (χ0v) is 21.5. The van der Waals surface area contributed by atoms with Gasteiger partial charge in [-0.25, -0.2) is 0 Å².